The zero-order valence-electron chi connectivity index (χ0n) is 9.65. The first-order valence-corrected chi connectivity index (χ1v) is 9.08. The number of halogens is 1. The van der Waals surface area contributed by atoms with Gasteiger partial charge in [-0.3, -0.25) is 0 Å². The van der Waals surface area contributed by atoms with Gasteiger partial charge in [0.25, 0.3) is 0 Å². The van der Waals surface area contributed by atoms with Crippen molar-refractivity contribution in [2.75, 3.05) is 30.9 Å². The first-order valence-electron chi connectivity index (χ1n) is 5.24. The molecule has 0 aliphatic carbocycles. The smallest absolute Gasteiger partial charge is 0.148 e. The largest absolute Gasteiger partial charge is 0.315 e. The summed E-state index contributed by atoms with van der Waals surface area (Å²) in [5.41, 5.74) is 0. The SMILES string of the molecule is CS(=O)(=O)CCNCCSc1ccc(Br)cc1. The summed E-state index contributed by atoms with van der Waals surface area (Å²) in [5, 5.41) is 3.11. The van der Waals surface area contributed by atoms with E-state index in [1.807, 2.05) is 12.1 Å². The molecule has 0 aliphatic heterocycles. The highest BCUT2D eigenvalue weighted by Crippen LogP contribution is 2.19. The van der Waals surface area contributed by atoms with E-state index in [0.29, 0.717) is 6.54 Å². The van der Waals surface area contributed by atoms with Crippen LogP contribution in [0.3, 0.4) is 0 Å². The Morgan fingerprint density at radius 2 is 1.88 bits per heavy atom. The quantitative estimate of drug-likeness (QED) is 0.611. The standard InChI is InChI=1S/C11H16BrNO2S2/c1-17(14,15)9-7-13-6-8-16-11-4-2-10(12)3-5-11/h2-5,13H,6-9H2,1H3. The van der Waals surface area contributed by atoms with Gasteiger partial charge >= 0.3 is 0 Å². The fraction of sp³-hybridized carbons (Fsp3) is 0.455. The van der Waals surface area contributed by atoms with Gasteiger partial charge in [0.05, 0.1) is 5.75 Å². The van der Waals surface area contributed by atoms with Crippen LogP contribution < -0.4 is 5.32 Å². The average Bonchev–Trinajstić information content (AvgIpc) is 2.24. The molecular formula is C11H16BrNO2S2. The Bertz CT molecular complexity index is 431. The second-order valence-corrected chi connectivity index (χ2v) is 8.03. The summed E-state index contributed by atoms with van der Waals surface area (Å²) in [6.45, 7) is 1.34. The van der Waals surface area contributed by atoms with Crippen LogP contribution in [-0.4, -0.2) is 39.3 Å². The molecule has 0 heterocycles. The molecule has 0 saturated carbocycles. The van der Waals surface area contributed by atoms with Gasteiger partial charge in [-0.25, -0.2) is 8.42 Å². The summed E-state index contributed by atoms with van der Waals surface area (Å²) in [7, 11) is -2.84. The Labute approximate surface area is 115 Å². The van der Waals surface area contributed by atoms with Crippen molar-refractivity contribution in [2.24, 2.45) is 0 Å². The molecular weight excluding hydrogens is 322 g/mol. The zero-order chi connectivity index (χ0) is 12.7. The van der Waals surface area contributed by atoms with Gasteiger partial charge in [0.2, 0.25) is 0 Å². The van der Waals surface area contributed by atoms with E-state index in [0.717, 1.165) is 16.8 Å². The van der Waals surface area contributed by atoms with Crippen LogP contribution in [0.1, 0.15) is 0 Å². The molecule has 0 amide bonds. The van der Waals surface area contributed by atoms with Crippen molar-refractivity contribution in [3.63, 3.8) is 0 Å². The van der Waals surface area contributed by atoms with E-state index < -0.39 is 9.84 Å². The van der Waals surface area contributed by atoms with Gasteiger partial charge in [-0.1, -0.05) is 15.9 Å². The maximum absolute atomic E-state index is 10.9. The Morgan fingerprint density at radius 1 is 1.24 bits per heavy atom. The van der Waals surface area contributed by atoms with Crippen LogP contribution in [0.2, 0.25) is 0 Å². The molecule has 3 nitrogen and oxygen atoms in total. The normalized spacial score (nSPS) is 11.6. The number of hydrogen-bond acceptors (Lipinski definition) is 4. The summed E-state index contributed by atoms with van der Waals surface area (Å²) < 4.78 is 22.8. The lowest BCUT2D eigenvalue weighted by atomic mass is 10.4. The predicted octanol–water partition coefficient (Wildman–Crippen LogP) is 2.18. The fourth-order valence-corrected chi connectivity index (χ4v) is 2.74. The van der Waals surface area contributed by atoms with E-state index in [1.54, 1.807) is 11.8 Å². The van der Waals surface area contributed by atoms with Gasteiger partial charge in [-0.05, 0) is 24.3 Å². The molecule has 6 heteroatoms. The van der Waals surface area contributed by atoms with Gasteiger partial charge < -0.3 is 5.32 Å². The van der Waals surface area contributed by atoms with Crippen molar-refractivity contribution in [3.05, 3.63) is 28.7 Å². The molecule has 0 unspecified atom stereocenters. The van der Waals surface area contributed by atoms with Crippen LogP contribution in [0.5, 0.6) is 0 Å². The molecule has 1 aromatic carbocycles. The number of hydrogen-bond donors (Lipinski definition) is 1. The van der Waals surface area contributed by atoms with Gasteiger partial charge in [0.1, 0.15) is 9.84 Å². The van der Waals surface area contributed by atoms with Gasteiger partial charge in [0, 0.05) is 34.5 Å². The van der Waals surface area contributed by atoms with Crippen molar-refractivity contribution >= 4 is 37.5 Å². The zero-order valence-corrected chi connectivity index (χ0v) is 12.9. The second kappa shape index (κ2) is 7.41. The lowest BCUT2D eigenvalue weighted by Crippen LogP contribution is -2.24. The van der Waals surface area contributed by atoms with Crippen LogP contribution in [0, 0.1) is 0 Å². The fourth-order valence-electron chi connectivity index (χ4n) is 1.15. The first kappa shape index (κ1) is 15.0. The molecule has 1 rings (SSSR count). The van der Waals surface area contributed by atoms with Gasteiger partial charge in [-0.15, -0.1) is 11.8 Å². The molecule has 1 N–H and O–H groups in total. The number of benzene rings is 1. The molecule has 0 aliphatic rings. The Kier molecular flexibility index (Phi) is 6.54. The van der Waals surface area contributed by atoms with Crippen molar-refractivity contribution in [2.45, 2.75) is 4.90 Å². The van der Waals surface area contributed by atoms with Crippen molar-refractivity contribution in [1.82, 2.24) is 5.32 Å². The van der Waals surface area contributed by atoms with E-state index >= 15 is 0 Å². The highest BCUT2D eigenvalue weighted by atomic mass is 79.9. The number of sulfone groups is 1. The summed E-state index contributed by atoms with van der Waals surface area (Å²) in [6, 6.07) is 8.15. The van der Waals surface area contributed by atoms with Crippen LogP contribution >= 0.6 is 27.7 Å². The molecule has 17 heavy (non-hydrogen) atoms. The summed E-state index contributed by atoms with van der Waals surface area (Å²) >= 11 is 5.14. The molecule has 0 radical (unpaired) electrons. The molecule has 96 valence electrons. The van der Waals surface area contributed by atoms with Crippen LogP contribution in [0.15, 0.2) is 33.6 Å². The topological polar surface area (TPSA) is 46.2 Å². The number of rotatable bonds is 7. The first-order chi connectivity index (χ1) is 7.97. The third-order valence-corrected chi connectivity index (χ3v) is 4.50. The minimum atomic E-state index is -2.84. The van der Waals surface area contributed by atoms with Gasteiger partial charge in [-0.2, -0.15) is 0 Å². The van der Waals surface area contributed by atoms with Gasteiger partial charge in [0.15, 0.2) is 0 Å². The van der Waals surface area contributed by atoms with Crippen molar-refractivity contribution in [3.8, 4) is 0 Å². The average molecular weight is 338 g/mol. The lowest BCUT2D eigenvalue weighted by molar-refractivity contribution is 0.598. The molecule has 0 saturated heterocycles. The molecule has 0 fully saturated rings. The van der Waals surface area contributed by atoms with E-state index in [1.165, 1.54) is 11.2 Å². The van der Waals surface area contributed by atoms with E-state index in [9.17, 15) is 8.42 Å². The van der Waals surface area contributed by atoms with E-state index in [4.69, 9.17) is 0 Å². The maximum atomic E-state index is 10.9. The second-order valence-electron chi connectivity index (χ2n) is 3.68. The van der Waals surface area contributed by atoms with Crippen LogP contribution in [-0.2, 0) is 9.84 Å². The molecule has 0 bridgehead atoms. The van der Waals surface area contributed by atoms with E-state index in [2.05, 4.69) is 33.4 Å². The third kappa shape index (κ3) is 7.81. The molecule has 0 aromatic heterocycles. The highest BCUT2D eigenvalue weighted by Gasteiger charge is 2.00. The third-order valence-electron chi connectivity index (χ3n) is 2.01. The predicted molar refractivity (Wildman–Crippen MR) is 77.4 cm³/mol. The maximum Gasteiger partial charge on any atom is 0.148 e. The van der Waals surface area contributed by atoms with E-state index in [-0.39, 0.29) is 5.75 Å². The van der Waals surface area contributed by atoms with Crippen LogP contribution in [0.25, 0.3) is 0 Å². The minimum Gasteiger partial charge on any atom is -0.315 e. The Hall–Kier alpha value is -0.0400. The Balaban J connectivity index is 2.10. The minimum absolute atomic E-state index is 0.204. The monoisotopic (exact) mass is 337 g/mol. The highest BCUT2D eigenvalue weighted by molar-refractivity contribution is 9.10. The summed E-state index contributed by atoms with van der Waals surface area (Å²) in [4.78, 5) is 1.22. The van der Waals surface area contributed by atoms with Crippen molar-refractivity contribution < 1.29 is 8.42 Å². The molecule has 0 atom stereocenters. The lowest BCUT2D eigenvalue weighted by Gasteiger charge is -2.04. The number of thioether (sulfide) groups is 1. The summed E-state index contributed by atoms with van der Waals surface area (Å²) in [5.74, 6) is 1.14. The summed E-state index contributed by atoms with van der Waals surface area (Å²) in [6.07, 6.45) is 1.26. The Morgan fingerprint density at radius 3 is 2.47 bits per heavy atom. The van der Waals surface area contributed by atoms with Crippen LogP contribution in [0.4, 0.5) is 0 Å². The van der Waals surface area contributed by atoms with Crippen molar-refractivity contribution in [1.29, 1.82) is 0 Å². The molecule has 1 aromatic rings. The number of nitrogens with one attached hydrogen (secondary N) is 1. The molecule has 0 spiro atoms.